The summed E-state index contributed by atoms with van der Waals surface area (Å²) in [5.74, 6) is 1.81. The molecule has 0 amide bonds. The molecule has 0 spiro atoms. The number of aryl methyl sites for hydroxylation is 2. The third-order valence-corrected chi connectivity index (χ3v) is 3.64. The first-order valence-corrected chi connectivity index (χ1v) is 6.75. The van der Waals surface area contributed by atoms with Gasteiger partial charge in [-0.15, -0.1) is 0 Å². The SMILES string of the molecule is COc1c(CNc2ccc3c(c2)CCO3)c(C)nn1C. The summed E-state index contributed by atoms with van der Waals surface area (Å²) in [7, 11) is 3.56. The molecule has 2 heterocycles. The number of hydrogen-bond donors (Lipinski definition) is 1. The van der Waals surface area contributed by atoms with Crippen LogP contribution < -0.4 is 14.8 Å². The summed E-state index contributed by atoms with van der Waals surface area (Å²) in [6.07, 6.45) is 0.986. The fourth-order valence-electron chi connectivity index (χ4n) is 2.63. The van der Waals surface area contributed by atoms with Crippen LogP contribution in [0.15, 0.2) is 18.2 Å². The molecular formula is C15H19N3O2. The largest absolute Gasteiger partial charge is 0.493 e. The van der Waals surface area contributed by atoms with E-state index in [2.05, 4.69) is 16.5 Å². The Morgan fingerprint density at radius 3 is 3.10 bits per heavy atom. The van der Waals surface area contributed by atoms with Crippen LogP contribution in [-0.2, 0) is 20.0 Å². The Morgan fingerprint density at radius 1 is 1.45 bits per heavy atom. The average molecular weight is 273 g/mol. The van der Waals surface area contributed by atoms with Crippen molar-refractivity contribution in [2.24, 2.45) is 7.05 Å². The van der Waals surface area contributed by atoms with Crippen LogP contribution in [0.2, 0.25) is 0 Å². The van der Waals surface area contributed by atoms with Crippen molar-refractivity contribution >= 4 is 5.69 Å². The van der Waals surface area contributed by atoms with E-state index in [0.29, 0.717) is 6.54 Å². The predicted octanol–water partition coefficient (Wildman–Crippen LogP) is 2.28. The summed E-state index contributed by atoms with van der Waals surface area (Å²) in [6, 6.07) is 6.22. The molecule has 5 nitrogen and oxygen atoms in total. The molecule has 20 heavy (non-hydrogen) atoms. The minimum Gasteiger partial charge on any atom is -0.493 e. The third kappa shape index (κ3) is 2.19. The maximum Gasteiger partial charge on any atom is 0.216 e. The quantitative estimate of drug-likeness (QED) is 0.928. The molecule has 0 fully saturated rings. The Labute approximate surface area is 118 Å². The third-order valence-electron chi connectivity index (χ3n) is 3.64. The molecule has 1 aromatic heterocycles. The number of ether oxygens (including phenoxy) is 2. The number of anilines is 1. The maximum absolute atomic E-state index is 5.51. The molecule has 1 N–H and O–H groups in total. The van der Waals surface area contributed by atoms with Gasteiger partial charge in [0.15, 0.2) is 0 Å². The lowest BCUT2D eigenvalue weighted by Crippen LogP contribution is -2.03. The van der Waals surface area contributed by atoms with Crippen LogP contribution in [0, 0.1) is 6.92 Å². The van der Waals surface area contributed by atoms with Crippen LogP contribution in [0.3, 0.4) is 0 Å². The second-order valence-electron chi connectivity index (χ2n) is 4.97. The molecule has 2 aromatic rings. The average Bonchev–Trinajstić information content (AvgIpc) is 2.99. The highest BCUT2D eigenvalue weighted by Gasteiger charge is 2.15. The highest BCUT2D eigenvalue weighted by Crippen LogP contribution is 2.29. The highest BCUT2D eigenvalue weighted by atomic mass is 16.5. The zero-order valence-electron chi connectivity index (χ0n) is 12.1. The molecule has 0 saturated carbocycles. The van der Waals surface area contributed by atoms with Gasteiger partial charge in [-0.2, -0.15) is 5.10 Å². The molecule has 0 saturated heterocycles. The van der Waals surface area contributed by atoms with Crippen LogP contribution in [0.4, 0.5) is 5.69 Å². The fourth-order valence-corrected chi connectivity index (χ4v) is 2.63. The van der Waals surface area contributed by atoms with Gasteiger partial charge in [0.05, 0.1) is 25.0 Å². The van der Waals surface area contributed by atoms with E-state index in [9.17, 15) is 0 Å². The number of nitrogens with zero attached hydrogens (tertiary/aromatic N) is 2. The summed E-state index contributed by atoms with van der Waals surface area (Å²) in [5.41, 5.74) is 4.44. The Hall–Kier alpha value is -2.17. The van der Waals surface area contributed by atoms with Gasteiger partial charge in [-0.3, -0.25) is 0 Å². The molecule has 106 valence electrons. The molecular weight excluding hydrogens is 254 g/mol. The Kier molecular flexibility index (Phi) is 3.26. The van der Waals surface area contributed by atoms with Gasteiger partial charge in [0.25, 0.3) is 0 Å². The van der Waals surface area contributed by atoms with Gasteiger partial charge in [0, 0.05) is 25.7 Å². The number of fused-ring (bicyclic) bond motifs is 1. The molecule has 1 aliphatic heterocycles. The summed E-state index contributed by atoms with van der Waals surface area (Å²) in [5, 5.41) is 7.81. The van der Waals surface area contributed by atoms with Crippen molar-refractivity contribution in [1.82, 2.24) is 9.78 Å². The minimum atomic E-state index is 0.697. The van der Waals surface area contributed by atoms with Crippen molar-refractivity contribution in [3.63, 3.8) is 0 Å². The number of nitrogens with one attached hydrogen (secondary N) is 1. The highest BCUT2D eigenvalue weighted by molar-refractivity contribution is 5.53. The first-order valence-electron chi connectivity index (χ1n) is 6.75. The number of aromatic nitrogens is 2. The van der Waals surface area contributed by atoms with E-state index in [1.165, 1.54) is 5.56 Å². The van der Waals surface area contributed by atoms with E-state index in [4.69, 9.17) is 9.47 Å². The van der Waals surface area contributed by atoms with E-state index in [1.807, 2.05) is 26.1 Å². The molecule has 0 aliphatic carbocycles. The second-order valence-corrected chi connectivity index (χ2v) is 4.97. The van der Waals surface area contributed by atoms with Crippen LogP contribution in [0.25, 0.3) is 0 Å². The first kappa shape index (κ1) is 12.8. The standard InChI is InChI=1S/C15H19N3O2/c1-10-13(15(19-3)18(2)17-10)9-16-12-4-5-14-11(8-12)6-7-20-14/h4-5,8,16H,6-7,9H2,1-3H3. The molecule has 0 radical (unpaired) electrons. The topological polar surface area (TPSA) is 48.3 Å². The molecule has 3 rings (SSSR count). The summed E-state index contributed by atoms with van der Waals surface area (Å²) >= 11 is 0. The van der Waals surface area contributed by atoms with Gasteiger partial charge in [-0.25, -0.2) is 4.68 Å². The molecule has 0 unspecified atom stereocenters. The van der Waals surface area contributed by atoms with E-state index >= 15 is 0 Å². The van der Waals surface area contributed by atoms with Gasteiger partial charge >= 0.3 is 0 Å². The minimum absolute atomic E-state index is 0.697. The summed E-state index contributed by atoms with van der Waals surface area (Å²) in [4.78, 5) is 0. The number of methoxy groups -OCH3 is 1. The van der Waals surface area contributed by atoms with Crippen LogP contribution in [0.5, 0.6) is 11.6 Å². The zero-order chi connectivity index (χ0) is 14.1. The van der Waals surface area contributed by atoms with Crippen LogP contribution in [-0.4, -0.2) is 23.5 Å². The molecule has 0 bridgehead atoms. The van der Waals surface area contributed by atoms with Gasteiger partial charge in [0.2, 0.25) is 5.88 Å². The van der Waals surface area contributed by atoms with Crippen molar-refractivity contribution in [2.75, 3.05) is 19.0 Å². The van der Waals surface area contributed by atoms with E-state index < -0.39 is 0 Å². The lowest BCUT2D eigenvalue weighted by molar-refractivity contribution is 0.357. The summed E-state index contributed by atoms with van der Waals surface area (Å²) < 4.78 is 12.7. The number of benzene rings is 1. The molecule has 1 aromatic carbocycles. The van der Waals surface area contributed by atoms with Crippen LogP contribution >= 0.6 is 0 Å². The van der Waals surface area contributed by atoms with Gasteiger partial charge in [-0.05, 0) is 30.7 Å². The normalized spacial score (nSPS) is 12.9. The van der Waals surface area contributed by atoms with Crippen molar-refractivity contribution in [3.05, 3.63) is 35.0 Å². The molecule has 1 aliphatic rings. The molecule has 0 atom stereocenters. The van der Waals surface area contributed by atoms with E-state index in [-0.39, 0.29) is 0 Å². The monoisotopic (exact) mass is 273 g/mol. The zero-order valence-corrected chi connectivity index (χ0v) is 12.1. The Morgan fingerprint density at radius 2 is 2.30 bits per heavy atom. The molecule has 5 heteroatoms. The van der Waals surface area contributed by atoms with Crippen LogP contribution in [0.1, 0.15) is 16.8 Å². The van der Waals surface area contributed by atoms with Crippen molar-refractivity contribution < 1.29 is 9.47 Å². The smallest absolute Gasteiger partial charge is 0.216 e. The second kappa shape index (κ2) is 5.07. The lowest BCUT2D eigenvalue weighted by Gasteiger charge is -2.09. The fraction of sp³-hybridized carbons (Fsp3) is 0.400. The number of rotatable bonds is 4. The number of hydrogen-bond acceptors (Lipinski definition) is 4. The first-order chi connectivity index (χ1) is 9.69. The van der Waals surface area contributed by atoms with Crippen molar-refractivity contribution in [3.8, 4) is 11.6 Å². The predicted molar refractivity (Wildman–Crippen MR) is 77.5 cm³/mol. The van der Waals surface area contributed by atoms with Gasteiger partial charge in [-0.1, -0.05) is 0 Å². The maximum atomic E-state index is 5.51. The summed E-state index contributed by atoms with van der Waals surface area (Å²) in [6.45, 7) is 3.48. The van der Waals surface area contributed by atoms with Crippen molar-refractivity contribution in [1.29, 1.82) is 0 Å². The Balaban J connectivity index is 1.77. The van der Waals surface area contributed by atoms with Gasteiger partial charge < -0.3 is 14.8 Å². The Bertz CT molecular complexity index is 634. The van der Waals surface area contributed by atoms with E-state index in [0.717, 1.165) is 41.6 Å². The van der Waals surface area contributed by atoms with E-state index in [1.54, 1.807) is 11.8 Å². The lowest BCUT2D eigenvalue weighted by atomic mass is 10.1. The van der Waals surface area contributed by atoms with Crippen molar-refractivity contribution in [2.45, 2.75) is 19.9 Å². The van der Waals surface area contributed by atoms with Gasteiger partial charge in [0.1, 0.15) is 5.75 Å².